The third-order valence-corrected chi connectivity index (χ3v) is 5.95. The van der Waals surface area contributed by atoms with Gasteiger partial charge in [0.2, 0.25) is 9.84 Å². The largest absolute Gasteiger partial charge is 0.343 e. The third-order valence-electron chi connectivity index (χ3n) is 3.47. The summed E-state index contributed by atoms with van der Waals surface area (Å²) < 4.78 is 26.0. The summed E-state index contributed by atoms with van der Waals surface area (Å²) in [7, 11) is -3.69. The summed E-state index contributed by atoms with van der Waals surface area (Å²) in [4.78, 5) is 13.9. The summed E-state index contributed by atoms with van der Waals surface area (Å²) in [5.41, 5.74) is 1.32. The van der Waals surface area contributed by atoms with E-state index in [1.807, 2.05) is 4.90 Å². The van der Waals surface area contributed by atoms with Gasteiger partial charge in [-0.1, -0.05) is 15.9 Å². The van der Waals surface area contributed by atoms with Crippen molar-refractivity contribution in [1.29, 1.82) is 0 Å². The Morgan fingerprint density at radius 2 is 2.11 bits per heavy atom. The second kappa shape index (κ2) is 4.18. The molecular weight excluding hydrogens is 330 g/mol. The molecular formula is C13H12BrNO3S. The molecule has 1 aromatic rings. The predicted molar refractivity (Wildman–Crippen MR) is 75.6 cm³/mol. The molecule has 0 aromatic heterocycles. The number of halogens is 1. The summed E-state index contributed by atoms with van der Waals surface area (Å²) >= 11 is 3.36. The molecule has 1 aromatic carbocycles. The average molecular weight is 342 g/mol. The van der Waals surface area contributed by atoms with Crippen molar-refractivity contribution in [3.05, 3.63) is 33.3 Å². The lowest BCUT2D eigenvalue weighted by molar-refractivity contribution is -0.113. The lowest BCUT2D eigenvalue weighted by Gasteiger charge is -2.29. The van der Waals surface area contributed by atoms with Gasteiger partial charge in [0.05, 0.1) is 10.6 Å². The summed E-state index contributed by atoms with van der Waals surface area (Å²) in [6.07, 6.45) is 1.51. The van der Waals surface area contributed by atoms with E-state index in [0.29, 0.717) is 17.8 Å². The van der Waals surface area contributed by atoms with Crippen LogP contribution in [0.15, 0.2) is 38.2 Å². The Labute approximate surface area is 120 Å². The van der Waals surface area contributed by atoms with Gasteiger partial charge in [0.1, 0.15) is 4.91 Å². The number of anilines is 1. The van der Waals surface area contributed by atoms with Crippen LogP contribution in [0, 0.1) is 0 Å². The zero-order valence-electron chi connectivity index (χ0n) is 10.3. The van der Waals surface area contributed by atoms with Crippen molar-refractivity contribution in [2.45, 2.75) is 24.7 Å². The number of Topliss-reactive ketones (excluding diaryl/α,β-unsaturated/α-hetero) is 1. The number of ketones is 1. The fourth-order valence-corrected chi connectivity index (χ4v) is 4.92. The quantitative estimate of drug-likeness (QED) is 0.787. The van der Waals surface area contributed by atoms with Crippen LogP contribution in [0.5, 0.6) is 0 Å². The number of carbonyl (C=O) groups excluding carboxylic acids is 1. The minimum Gasteiger partial charge on any atom is -0.343 e. The van der Waals surface area contributed by atoms with Crippen LogP contribution >= 0.6 is 15.9 Å². The minimum absolute atomic E-state index is 0.0279. The number of fused-ring (bicyclic) bond motifs is 3. The van der Waals surface area contributed by atoms with Gasteiger partial charge in [-0.2, -0.15) is 0 Å². The maximum absolute atomic E-state index is 12.6. The summed E-state index contributed by atoms with van der Waals surface area (Å²) in [5.74, 6) is -0.379. The smallest absolute Gasteiger partial charge is 0.213 e. The number of rotatable bonds is 1. The number of hydrogen-bond donors (Lipinski definition) is 0. The highest BCUT2D eigenvalue weighted by molar-refractivity contribution is 9.10. The highest BCUT2D eigenvalue weighted by Crippen LogP contribution is 2.44. The third kappa shape index (κ3) is 1.77. The van der Waals surface area contributed by atoms with E-state index in [1.54, 1.807) is 18.2 Å². The minimum atomic E-state index is -3.69. The van der Waals surface area contributed by atoms with Crippen LogP contribution in [-0.4, -0.2) is 20.7 Å². The molecule has 0 aliphatic carbocycles. The first-order valence-corrected chi connectivity index (χ1v) is 8.27. The van der Waals surface area contributed by atoms with Crippen LogP contribution in [0.2, 0.25) is 0 Å². The summed E-state index contributed by atoms with van der Waals surface area (Å²) in [5, 5.41) is 0. The van der Waals surface area contributed by atoms with Crippen molar-refractivity contribution >= 4 is 37.2 Å². The molecule has 0 atom stereocenters. The van der Waals surface area contributed by atoms with Crippen molar-refractivity contribution < 1.29 is 13.2 Å². The maximum atomic E-state index is 12.6. The van der Waals surface area contributed by atoms with E-state index in [-0.39, 0.29) is 15.6 Å². The van der Waals surface area contributed by atoms with Gasteiger partial charge in [0, 0.05) is 16.7 Å². The summed E-state index contributed by atoms with van der Waals surface area (Å²) in [6, 6.07) is 5.05. The molecule has 0 amide bonds. The van der Waals surface area contributed by atoms with Crippen molar-refractivity contribution in [2.24, 2.45) is 0 Å². The molecule has 0 radical (unpaired) electrons. The van der Waals surface area contributed by atoms with Gasteiger partial charge in [-0.15, -0.1) is 0 Å². The first-order valence-electron chi connectivity index (χ1n) is 5.99. The van der Waals surface area contributed by atoms with Gasteiger partial charge in [-0.25, -0.2) is 8.42 Å². The van der Waals surface area contributed by atoms with Crippen LogP contribution in [0.4, 0.5) is 5.69 Å². The van der Waals surface area contributed by atoms with Crippen molar-refractivity contribution in [2.75, 3.05) is 11.4 Å². The SMILES string of the molecule is CC(=O)C1=C2CCCN2c2cc(Br)ccc2S1(=O)=O. The second-order valence-corrected chi connectivity index (χ2v) is 7.47. The van der Waals surface area contributed by atoms with E-state index in [1.165, 1.54) is 6.92 Å². The number of allylic oxidation sites excluding steroid dienone is 2. The molecule has 2 aliphatic heterocycles. The maximum Gasteiger partial charge on any atom is 0.213 e. The van der Waals surface area contributed by atoms with Gasteiger partial charge in [-0.3, -0.25) is 4.79 Å². The number of nitrogens with zero attached hydrogens (tertiary/aromatic N) is 1. The Kier molecular flexibility index (Phi) is 2.83. The molecule has 0 unspecified atom stereocenters. The normalized spacial score (nSPS) is 20.2. The molecule has 1 saturated heterocycles. The zero-order valence-corrected chi connectivity index (χ0v) is 12.7. The van der Waals surface area contributed by atoms with Crippen molar-refractivity contribution in [3.63, 3.8) is 0 Å². The van der Waals surface area contributed by atoms with Crippen LogP contribution in [-0.2, 0) is 14.6 Å². The van der Waals surface area contributed by atoms with Crippen molar-refractivity contribution in [3.8, 4) is 0 Å². The topological polar surface area (TPSA) is 54.5 Å². The van der Waals surface area contributed by atoms with E-state index in [0.717, 1.165) is 17.4 Å². The van der Waals surface area contributed by atoms with E-state index in [9.17, 15) is 13.2 Å². The van der Waals surface area contributed by atoms with Crippen LogP contribution in [0.25, 0.3) is 0 Å². The molecule has 0 N–H and O–H groups in total. The molecule has 0 bridgehead atoms. The number of benzene rings is 1. The highest BCUT2D eigenvalue weighted by Gasteiger charge is 2.40. The molecule has 6 heteroatoms. The molecule has 4 nitrogen and oxygen atoms in total. The molecule has 3 rings (SSSR count). The number of hydrogen-bond acceptors (Lipinski definition) is 4. The Balaban J connectivity index is 2.37. The standard InChI is InChI=1S/C13H12BrNO3S/c1-8(16)13-10-3-2-6-15(10)11-7-9(14)4-5-12(11)19(13,17)18/h4-5,7H,2-3,6H2,1H3. The zero-order chi connectivity index (χ0) is 13.8. The van der Waals surface area contributed by atoms with E-state index in [2.05, 4.69) is 15.9 Å². The second-order valence-electron chi connectivity index (χ2n) is 4.70. The molecule has 19 heavy (non-hydrogen) atoms. The van der Waals surface area contributed by atoms with Gasteiger partial charge < -0.3 is 4.90 Å². The lowest BCUT2D eigenvalue weighted by atomic mass is 10.2. The fourth-order valence-electron chi connectivity index (χ4n) is 2.76. The highest BCUT2D eigenvalue weighted by atomic mass is 79.9. The van der Waals surface area contributed by atoms with Gasteiger partial charge in [0.15, 0.2) is 5.78 Å². The Morgan fingerprint density at radius 1 is 1.37 bits per heavy atom. The van der Waals surface area contributed by atoms with Crippen molar-refractivity contribution in [1.82, 2.24) is 0 Å². The van der Waals surface area contributed by atoms with Crippen LogP contribution in [0.1, 0.15) is 19.8 Å². The van der Waals surface area contributed by atoms with Crippen LogP contribution < -0.4 is 4.90 Å². The first kappa shape index (κ1) is 12.9. The molecule has 100 valence electrons. The monoisotopic (exact) mass is 341 g/mol. The van der Waals surface area contributed by atoms with Gasteiger partial charge >= 0.3 is 0 Å². The van der Waals surface area contributed by atoms with Crippen LogP contribution in [0.3, 0.4) is 0 Å². The molecule has 2 heterocycles. The molecule has 2 aliphatic rings. The molecule has 0 saturated carbocycles. The Bertz CT molecular complexity index is 721. The fraction of sp³-hybridized carbons (Fsp3) is 0.308. The summed E-state index contributed by atoms with van der Waals surface area (Å²) in [6.45, 7) is 2.07. The Morgan fingerprint density at radius 3 is 2.79 bits per heavy atom. The van der Waals surface area contributed by atoms with E-state index >= 15 is 0 Å². The molecule has 0 spiro atoms. The van der Waals surface area contributed by atoms with Gasteiger partial charge in [0.25, 0.3) is 0 Å². The number of carbonyl (C=O) groups is 1. The average Bonchev–Trinajstić information content (AvgIpc) is 2.76. The first-order chi connectivity index (χ1) is 8.93. The van der Waals surface area contributed by atoms with E-state index in [4.69, 9.17) is 0 Å². The molecule has 1 fully saturated rings. The van der Waals surface area contributed by atoms with E-state index < -0.39 is 9.84 Å². The lowest BCUT2D eigenvalue weighted by Crippen LogP contribution is -2.29. The predicted octanol–water partition coefficient (Wildman–Crippen LogP) is 2.64. The van der Waals surface area contributed by atoms with Gasteiger partial charge in [-0.05, 0) is 38.0 Å². The number of sulfone groups is 1. The Hall–Kier alpha value is -1.14.